The number of carbonyl (C=O) groups excluding carboxylic acids is 2. The maximum Gasteiger partial charge on any atom is 0.444 e. The summed E-state index contributed by atoms with van der Waals surface area (Å²) < 4.78 is 17.3. The number of ether oxygens (including phenoxy) is 3. The molecule has 0 unspecified atom stereocenters. The second kappa shape index (κ2) is 10.6. The zero-order valence-corrected chi connectivity index (χ0v) is 21.2. The van der Waals surface area contributed by atoms with E-state index in [-0.39, 0.29) is 12.6 Å². The molecule has 1 saturated heterocycles. The van der Waals surface area contributed by atoms with E-state index in [2.05, 4.69) is 23.5 Å². The maximum absolute atomic E-state index is 12.6. The molecule has 8 heteroatoms. The third-order valence-electron chi connectivity index (χ3n) is 7.07. The van der Waals surface area contributed by atoms with Gasteiger partial charge in [0.05, 0.1) is 13.2 Å². The first-order valence-corrected chi connectivity index (χ1v) is 12.7. The molecule has 5 rings (SSSR count). The third kappa shape index (κ3) is 5.43. The lowest BCUT2D eigenvalue weighted by atomic mass is 9.96. The Bertz CT molecular complexity index is 1280. The second-order valence-electron chi connectivity index (χ2n) is 9.72. The van der Waals surface area contributed by atoms with Gasteiger partial charge in [-0.05, 0) is 67.5 Å². The van der Waals surface area contributed by atoms with Crippen LogP contribution in [0.3, 0.4) is 0 Å². The van der Waals surface area contributed by atoms with E-state index in [4.69, 9.17) is 19.0 Å². The number of benzene rings is 3. The van der Waals surface area contributed by atoms with Crippen LogP contribution in [0.5, 0.6) is 11.5 Å². The molecule has 0 spiro atoms. The zero-order chi connectivity index (χ0) is 25.8. The summed E-state index contributed by atoms with van der Waals surface area (Å²) in [7, 11) is 1.60. The molecule has 2 amide bonds. The normalized spacial score (nSPS) is 19.6. The zero-order valence-electron chi connectivity index (χ0n) is 21.2. The number of hydroxylamine groups is 2. The molecule has 1 N–H and O–H groups in total. The minimum Gasteiger partial charge on any atom is -0.493 e. The van der Waals surface area contributed by atoms with Gasteiger partial charge in [0.15, 0.2) is 17.1 Å². The van der Waals surface area contributed by atoms with Crippen molar-refractivity contribution >= 4 is 23.0 Å². The lowest BCUT2D eigenvalue weighted by Crippen LogP contribution is -2.36. The van der Waals surface area contributed by atoms with E-state index < -0.39 is 17.8 Å². The van der Waals surface area contributed by atoms with Crippen LogP contribution >= 0.6 is 0 Å². The molecule has 2 fully saturated rings. The molecule has 3 aromatic rings. The van der Waals surface area contributed by atoms with Crippen LogP contribution in [0.15, 0.2) is 60.7 Å². The molecule has 0 bridgehead atoms. The molecule has 194 valence electrons. The average Bonchev–Trinajstić information content (AvgIpc) is 3.51. The van der Waals surface area contributed by atoms with Crippen LogP contribution in [0, 0.1) is 0 Å². The minimum atomic E-state index is -1.01. The fraction of sp³-hybridized carbons (Fsp3) is 0.379. The Balaban J connectivity index is 1.19. The van der Waals surface area contributed by atoms with Crippen molar-refractivity contribution in [1.82, 2.24) is 10.4 Å². The van der Waals surface area contributed by atoms with Crippen LogP contribution in [0.2, 0.25) is 0 Å². The molecule has 8 nitrogen and oxygen atoms in total. The molecular weight excluding hydrogens is 472 g/mol. The van der Waals surface area contributed by atoms with Gasteiger partial charge in [0.2, 0.25) is 0 Å². The number of methoxy groups -OCH3 is 1. The van der Waals surface area contributed by atoms with E-state index in [1.54, 1.807) is 14.0 Å². The Morgan fingerprint density at radius 3 is 2.68 bits per heavy atom. The van der Waals surface area contributed by atoms with Crippen molar-refractivity contribution in [1.29, 1.82) is 0 Å². The van der Waals surface area contributed by atoms with Crippen molar-refractivity contribution < 1.29 is 28.6 Å². The van der Waals surface area contributed by atoms with Gasteiger partial charge in [-0.15, -0.1) is 5.06 Å². The van der Waals surface area contributed by atoms with Crippen molar-refractivity contribution in [3.63, 3.8) is 0 Å². The fourth-order valence-electron chi connectivity index (χ4n) is 5.06. The number of hydrogen-bond acceptors (Lipinski definition) is 6. The Morgan fingerprint density at radius 2 is 1.86 bits per heavy atom. The van der Waals surface area contributed by atoms with Crippen molar-refractivity contribution in [3.05, 3.63) is 71.8 Å². The molecule has 3 aromatic carbocycles. The van der Waals surface area contributed by atoms with Gasteiger partial charge in [-0.1, -0.05) is 48.5 Å². The third-order valence-corrected chi connectivity index (χ3v) is 7.07. The summed E-state index contributed by atoms with van der Waals surface area (Å²) in [5, 5.41) is 5.98. The first-order chi connectivity index (χ1) is 17.9. The van der Waals surface area contributed by atoms with Gasteiger partial charge < -0.3 is 24.4 Å². The summed E-state index contributed by atoms with van der Waals surface area (Å²) in [6.45, 7) is 2.21. The van der Waals surface area contributed by atoms with Crippen LogP contribution < -0.4 is 14.8 Å². The smallest absolute Gasteiger partial charge is 0.444 e. The van der Waals surface area contributed by atoms with Crippen molar-refractivity contribution in [2.45, 2.75) is 50.7 Å². The van der Waals surface area contributed by atoms with E-state index in [0.717, 1.165) is 52.6 Å². The number of hydrogen-bond donors (Lipinski definition) is 1. The van der Waals surface area contributed by atoms with Crippen LogP contribution in [0.1, 0.15) is 43.7 Å². The molecular formula is C29H32N2O6. The van der Waals surface area contributed by atoms with E-state index in [1.807, 2.05) is 42.5 Å². The summed E-state index contributed by atoms with van der Waals surface area (Å²) >= 11 is 0. The standard InChI is InChI=1S/C29H32N2O6/c1-29(22-14-15-25(34-2)26(18-22)35-23-11-4-5-12-23)19-31(28(33)36-29)37-27(32)30-17-16-21-10-7-9-20-8-3-6-13-24(20)21/h3,6-10,13-15,18,23H,4-5,11-12,16-17,19H2,1-2H3,(H,30,32)/t29-/m0/s1. The highest BCUT2D eigenvalue weighted by atomic mass is 16.8. The molecule has 1 aliphatic carbocycles. The maximum atomic E-state index is 12.6. The largest absolute Gasteiger partial charge is 0.493 e. The monoisotopic (exact) mass is 504 g/mol. The number of fused-ring (bicyclic) bond motifs is 1. The first kappa shape index (κ1) is 24.7. The topological polar surface area (TPSA) is 86.3 Å². The molecule has 0 radical (unpaired) electrons. The molecule has 1 aliphatic heterocycles. The van der Waals surface area contributed by atoms with Crippen LogP contribution in [0.4, 0.5) is 9.59 Å². The molecule has 1 saturated carbocycles. The van der Waals surface area contributed by atoms with Gasteiger partial charge in [-0.25, -0.2) is 9.59 Å². The van der Waals surface area contributed by atoms with Crippen molar-refractivity contribution in [2.24, 2.45) is 0 Å². The lowest BCUT2D eigenvalue weighted by molar-refractivity contribution is -0.0497. The number of nitrogens with one attached hydrogen (secondary N) is 1. The highest BCUT2D eigenvalue weighted by Crippen LogP contribution is 2.39. The second-order valence-corrected chi connectivity index (χ2v) is 9.72. The Hall–Kier alpha value is -3.94. The van der Waals surface area contributed by atoms with Crippen molar-refractivity contribution in [3.8, 4) is 11.5 Å². The fourth-order valence-corrected chi connectivity index (χ4v) is 5.06. The molecule has 1 heterocycles. The number of cyclic esters (lactones) is 1. The summed E-state index contributed by atoms with van der Waals surface area (Å²) in [6, 6.07) is 19.7. The van der Waals surface area contributed by atoms with Crippen LogP contribution in [-0.2, 0) is 21.6 Å². The van der Waals surface area contributed by atoms with E-state index >= 15 is 0 Å². The van der Waals surface area contributed by atoms with Gasteiger partial charge in [-0.2, -0.15) is 0 Å². The average molecular weight is 505 g/mol. The highest BCUT2D eigenvalue weighted by molar-refractivity contribution is 5.85. The predicted octanol–water partition coefficient (Wildman–Crippen LogP) is 5.72. The van der Waals surface area contributed by atoms with Gasteiger partial charge in [-0.3, -0.25) is 0 Å². The SMILES string of the molecule is COc1ccc([C@]2(C)CN(OC(=O)NCCc3cccc4ccccc34)C(=O)O2)cc1OC1CCCC1. The molecule has 1 atom stereocenters. The summed E-state index contributed by atoms with van der Waals surface area (Å²) in [5.41, 5.74) is 0.846. The Morgan fingerprint density at radius 1 is 1.08 bits per heavy atom. The highest BCUT2D eigenvalue weighted by Gasteiger charge is 2.45. The van der Waals surface area contributed by atoms with Crippen LogP contribution in [0.25, 0.3) is 10.8 Å². The molecule has 37 heavy (non-hydrogen) atoms. The van der Waals surface area contributed by atoms with Crippen molar-refractivity contribution in [2.75, 3.05) is 20.2 Å². The first-order valence-electron chi connectivity index (χ1n) is 12.7. The number of carbonyl (C=O) groups is 2. The minimum absolute atomic E-state index is 0.0533. The van der Waals surface area contributed by atoms with Gasteiger partial charge in [0.25, 0.3) is 0 Å². The summed E-state index contributed by atoms with van der Waals surface area (Å²) in [6.07, 6.45) is 3.68. The molecule has 2 aliphatic rings. The predicted molar refractivity (Wildman–Crippen MR) is 139 cm³/mol. The van der Waals surface area contributed by atoms with Gasteiger partial charge in [0, 0.05) is 12.1 Å². The van der Waals surface area contributed by atoms with E-state index in [1.165, 1.54) is 0 Å². The number of rotatable bonds is 8. The quantitative estimate of drug-likeness (QED) is 0.422. The van der Waals surface area contributed by atoms with E-state index in [0.29, 0.717) is 24.5 Å². The Kier molecular flexibility index (Phi) is 7.08. The summed E-state index contributed by atoms with van der Waals surface area (Å²) in [5.74, 6) is 1.25. The van der Waals surface area contributed by atoms with Crippen LogP contribution in [-0.4, -0.2) is 43.6 Å². The van der Waals surface area contributed by atoms with Gasteiger partial charge in [0.1, 0.15) is 6.54 Å². The summed E-state index contributed by atoms with van der Waals surface area (Å²) in [4.78, 5) is 30.3. The number of amides is 2. The number of nitrogens with zero attached hydrogens (tertiary/aromatic N) is 1. The Labute approximate surface area is 216 Å². The van der Waals surface area contributed by atoms with Gasteiger partial charge >= 0.3 is 12.2 Å². The lowest BCUT2D eigenvalue weighted by Gasteiger charge is -2.24. The molecule has 0 aromatic heterocycles. The van der Waals surface area contributed by atoms with E-state index in [9.17, 15) is 9.59 Å².